The average Bonchev–Trinajstić information content (AvgIpc) is 2.10. The van der Waals surface area contributed by atoms with E-state index < -0.39 is 17.9 Å². The van der Waals surface area contributed by atoms with Crippen molar-refractivity contribution in [2.24, 2.45) is 0 Å². The molecule has 2 N–H and O–H groups in total. The van der Waals surface area contributed by atoms with Crippen LogP contribution in [0.4, 0.5) is 0 Å². The maximum atomic E-state index is 11.1. The van der Waals surface area contributed by atoms with Crippen LogP contribution in [0.1, 0.15) is 33.1 Å². The van der Waals surface area contributed by atoms with Crippen LogP contribution >= 0.6 is 0 Å². The molecule has 0 fully saturated rings. The van der Waals surface area contributed by atoms with Gasteiger partial charge in [0.2, 0.25) is 5.91 Å². The molecule has 0 saturated heterocycles. The molecule has 0 aliphatic rings. The van der Waals surface area contributed by atoms with Gasteiger partial charge in [-0.25, -0.2) is 4.79 Å². The van der Waals surface area contributed by atoms with E-state index in [1.807, 2.05) is 6.92 Å². The third-order valence-corrected chi connectivity index (χ3v) is 1.84. The lowest BCUT2D eigenvalue weighted by Crippen LogP contribution is -2.40. The molecule has 0 radical (unpaired) electrons. The largest absolute Gasteiger partial charge is 0.480 e. The minimum Gasteiger partial charge on any atom is -0.480 e. The Hall–Kier alpha value is -1.32. The number of hydrogen-bond donors (Lipinski definition) is 2. The number of aliphatic carboxylic acids is 1. The van der Waals surface area contributed by atoms with Crippen molar-refractivity contribution in [1.82, 2.24) is 5.32 Å². The molecule has 0 aromatic carbocycles. The van der Waals surface area contributed by atoms with Crippen LogP contribution in [0.2, 0.25) is 0 Å². The van der Waals surface area contributed by atoms with E-state index in [1.54, 1.807) is 6.92 Å². The van der Waals surface area contributed by atoms with Crippen LogP contribution in [0.25, 0.3) is 0 Å². The standard InChI is InChI=1S/C10H17NO3/c1-4-5-6-8(10(13)14)11-9(12)7(2)3/h8H,2,4-6H2,1,3H3,(H,11,12)(H,13,14)/t8-/m1/s1. The first-order valence-corrected chi connectivity index (χ1v) is 4.68. The van der Waals surface area contributed by atoms with E-state index >= 15 is 0 Å². The first-order valence-electron chi connectivity index (χ1n) is 4.68. The van der Waals surface area contributed by atoms with Gasteiger partial charge in [-0.05, 0) is 13.3 Å². The number of carbonyl (C=O) groups is 2. The predicted octanol–water partition coefficient (Wildman–Crippen LogP) is 1.32. The summed E-state index contributed by atoms with van der Waals surface area (Å²) in [7, 11) is 0. The number of unbranched alkanes of at least 4 members (excludes halogenated alkanes) is 1. The second-order valence-corrected chi connectivity index (χ2v) is 3.29. The van der Waals surface area contributed by atoms with Crippen molar-refractivity contribution >= 4 is 11.9 Å². The molecule has 0 spiro atoms. The average molecular weight is 199 g/mol. The normalized spacial score (nSPS) is 11.9. The summed E-state index contributed by atoms with van der Waals surface area (Å²) < 4.78 is 0. The van der Waals surface area contributed by atoms with Gasteiger partial charge in [-0.3, -0.25) is 4.79 Å². The lowest BCUT2D eigenvalue weighted by atomic mass is 10.1. The maximum Gasteiger partial charge on any atom is 0.326 e. The lowest BCUT2D eigenvalue weighted by Gasteiger charge is -2.13. The molecule has 1 atom stereocenters. The minimum atomic E-state index is -0.993. The molecule has 14 heavy (non-hydrogen) atoms. The lowest BCUT2D eigenvalue weighted by molar-refractivity contribution is -0.141. The van der Waals surface area contributed by atoms with Gasteiger partial charge >= 0.3 is 5.97 Å². The summed E-state index contributed by atoms with van der Waals surface area (Å²) in [6, 6.07) is -0.792. The zero-order valence-corrected chi connectivity index (χ0v) is 8.67. The van der Waals surface area contributed by atoms with E-state index in [1.165, 1.54) is 0 Å². The zero-order valence-electron chi connectivity index (χ0n) is 8.67. The Morgan fingerprint density at radius 1 is 1.50 bits per heavy atom. The predicted molar refractivity (Wildman–Crippen MR) is 53.9 cm³/mol. The van der Waals surface area contributed by atoms with Crippen molar-refractivity contribution in [3.63, 3.8) is 0 Å². The Bertz CT molecular complexity index is 236. The molecule has 0 aliphatic carbocycles. The van der Waals surface area contributed by atoms with Gasteiger partial charge < -0.3 is 10.4 Å². The summed E-state index contributed by atoms with van der Waals surface area (Å²) in [5.41, 5.74) is 0.327. The highest BCUT2D eigenvalue weighted by molar-refractivity contribution is 5.94. The molecule has 0 saturated carbocycles. The van der Waals surface area contributed by atoms with Crippen molar-refractivity contribution < 1.29 is 14.7 Å². The van der Waals surface area contributed by atoms with E-state index in [-0.39, 0.29) is 0 Å². The fourth-order valence-corrected chi connectivity index (χ4v) is 0.947. The summed E-state index contributed by atoms with van der Waals surface area (Å²) >= 11 is 0. The summed E-state index contributed by atoms with van der Waals surface area (Å²) in [4.78, 5) is 21.9. The molecule has 1 amide bonds. The second kappa shape index (κ2) is 6.18. The second-order valence-electron chi connectivity index (χ2n) is 3.29. The van der Waals surface area contributed by atoms with E-state index in [9.17, 15) is 9.59 Å². The summed E-state index contributed by atoms with van der Waals surface area (Å²) in [5, 5.41) is 11.2. The molecule has 0 unspecified atom stereocenters. The Balaban J connectivity index is 4.16. The van der Waals surface area contributed by atoms with Gasteiger partial charge in [0.25, 0.3) is 0 Å². The van der Waals surface area contributed by atoms with Crippen LogP contribution in [0.5, 0.6) is 0 Å². The van der Waals surface area contributed by atoms with E-state index in [2.05, 4.69) is 11.9 Å². The molecule has 80 valence electrons. The quantitative estimate of drug-likeness (QED) is 0.634. The number of rotatable bonds is 6. The van der Waals surface area contributed by atoms with Gasteiger partial charge in [0.1, 0.15) is 6.04 Å². The fourth-order valence-electron chi connectivity index (χ4n) is 0.947. The monoisotopic (exact) mass is 199 g/mol. The van der Waals surface area contributed by atoms with Crippen LogP contribution in [0, 0.1) is 0 Å². The van der Waals surface area contributed by atoms with Crippen molar-refractivity contribution in [3.8, 4) is 0 Å². The molecule has 0 aliphatic heterocycles. The van der Waals surface area contributed by atoms with Crippen LogP contribution < -0.4 is 5.32 Å². The number of carbonyl (C=O) groups excluding carboxylic acids is 1. The topological polar surface area (TPSA) is 66.4 Å². The number of carboxylic acid groups (broad SMARTS) is 1. The molecule has 0 heterocycles. The van der Waals surface area contributed by atoms with Crippen molar-refractivity contribution in [2.45, 2.75) is 39.2 Å². The van der Waals surface area contributed by atoms with Gasteiger partial charge in [0, 0.05) is 5.57 Å². The summed E-state index contributed by atoms with van der Waals surface area (Å²) in [6.45, 7) is 6.96. The summed E-state index contributed by atoms with van der Waals surface area (Å²) in [6.07, 6.45) is 2.16. The smallest absolute Gasteiger partial charge is 0.326 e. The van der Waals surface area contributed by atoms with Gasteiger partial charge in [-0.15, -0.1) is 0 Å². The van der Waals surface area contributed by atoms with Gasteiger partial charge in [-0.2, -0.15) is 0 Å². The summed E-state index contributed by atoms with van der Waals surface area (Å²) in [5.74, 6) is -1.39. The Kier molecular flexibility index (Phi) is 5.60. The zero-order chi connectivity index (χ0) is 11.1. The highest BCUT2D eigenvalue weighted by Crippen LogP contribution is 2.01. The Labute approximate surface area is 84.0 Å². The molecular formula is C10H17NO3. The SMILES string of the molecule is C=C(C)C(=O)N[C@H](CCCC)C(=O)O. The Morgan fingerprint density at radius 2 is 2.07 bits per heavy atom. The number of nitrogens with one attached hydrogen (secondary N) is 1. The van der Waals surface area contributed by atoms with Crippen LogP contribution in [0.15, 0.2) is 12.2 Å². The van der Waals surface area contributed by atoms with E-state index in [4.69, 9.17) is 5.11 Å². The van der Waals surface area contributed by atoms with Gasteiger partial charge in [-0.1, -0.05) is 26.3 Å². The van der Waals surface area contributed by atoms with Crippen molar-refractivity contribution in [3.05, 3.63) is 12.2 Å². The van der Waals surface area contributed by atoms with E-state index in [0.29, 0.717) is 12.0 Å². The number of carboxylic acids is 1. The first-order chi connectivity index (χ1) is 6.49. The molecule has 0 aromatic rings. The van der Waals surface area contributed by atoms with Crippen molar-refractivity contribution in [2.75, 3.05) is 0 Å². The highest BCUT2D eigenvalue weighted by Gasteiger charge is 2.18. The molecular weight excluding hydrogens is 182 g/mol. The van der Waals surface area contributed by atoms with Crippen molar-refractivity contribution in [1.29, 1.82) is 0 Å². The molecule has 0 bridgehead atoms. The molecule has 4 nitrogen and oxygen atoms in total. The van der Waals surface area contributed by atoms with Crippen LogP contribution in [-0.4, -0.2) is 23.0 Å². The number of hydrogen-bond acceptors (Lipinski definition) is 2. The van der Waals surface area contributed by atoms with E-state index in [0.717, 1.165) is 12.8 Å². The molecule has 0 rings (SSSR count). The molecule has 0 aromatic heterocycles. The minimum absolute atomic E-state index is 0.327. The van der Waals surface area contributed by atoms with Crippen LogP contribution in [0.3, 0.4) is 0 Å². The van der Waals surface area contributed by atoms with Gasteiger partial charge in [0.05, 0.1) is 0 Å². The third kappa shape index (κ3) is 4.64. The third-order valence-electron chi connectivity index (χ3n) is 1.84. The highest BCUT2D eigenvalue weighted by atomic mass is 16.4. The number of amides is 1. The van der Waals surface area contributed by atoms with Crippen LogP contribution in [-0.2, 0) is 9.59 Å². The fraction of sp³-hybridized carbons (Fsp3) is 0.600. The van der Waals surface area contributed by atoms with Gasteiger partial charge in [0.15, 0.2) is 0 Å². The maximum absolute atomic E-state index is 11.1. The molecule has 4 heteroatoms. The first kappa shape index (κ1) is 12.7. The Morgan fingerprint density at radius 3 is 2.43 bits per heavy atom.